The number of para-hydroxylation sites is 1. The maximum Gasteiger partial charge on any atom is 0.176 e. The van der Waals surface area contributed by atoms with Crippen molar-refractivity contribution in [2.24, 2.45) is 0 Å². The molecule has 0 radical (unpaired) electrons. The summed E-state index contributed by atoms with van der Waals surface area (Å²) in [5.74, 6) is 1.64. The largest absolute Gasteiger partial charge is 0.493 e. The van der Waals surface area contributed by atoms with Gasteiger partial charge in [0, 0.05) is 11.0 Å². The normalized spacial score (nSPS) is 15.4. The molecule has 0 amide bonds. The number of methoxy groups -OCH3 is 1. The molecule has 1 aromatic carbocycles. The van der Waals surface area contributed by atoms with E-state index < -0.39 is 0 Å². The van der Waals surface area contributed by atoms with Crippen LogP contribution in [0, 0.1) is 0 Å². The van der Waals surface area contributed by atoms with Crippen LogP contribution in [0.4, 0.5) is 0 Å². The quantitative estimate of drug-likeness (QED) is 0.773. The van der Waals surface area contributed by atoms with E-state index in [9.17, 15) is 0 Å². The fourth-order valence-electron chi connectivity index (χ4n) is 1.91. The molecule has 0 saturated heterocycles. The summed E-state index contributed by atoms with van der Waals surface area (Å²) in [5.41, 5.74) is 1.91. The Bertz CT molecular complexity index is 551. The van der Waals surface area contributed by atoms with Crippen LogP contribution in [-0.2, 0) is 4.74 Å². The summed E-state index contributed by atoms with van der Waals surface area (Å²) in [6.07, 6.45) is 2.05. The third-order valence-corrected chi connectivity index (χ3v) is 2.75. The van der Waals surface area contributed by atoms with Crippen LogP contribution < -0.4 is 4.74 Å². The summed E-state index contributed by atoms with van der Waals surface area (Å²) < 4.78 is 16.3. The number of rotatable bonds is 2. The smallest absolute Gasteiger partial charge is 0.176 e. The second-order valence-corrected chi connectivity index (χ2v) is 3.73. The van der Waals surface area contributed by atoms with Crippen molar-refractivity contribution >= 4 is 16.5 Å². The Labute approximate surface area is 93.3 Å². The van der Waals surface area contributed by atoms with Gasteiger partial charge in [-0.2, -0.15) is 0 Å². The Morgan fingerprint density at radius 2 is 2.25 bits per heavy atom. The van der Waals surface area contributed by atoms with Crippen molar-refractivity contribution in [3.05, 3.63) is 36.1 Å². The minimum absolute atomic E-state index is 0.627. The Morgan fingerprint density at radius 1 is 1.31 bits per heavy atom. The maximum absolute atomic E-state index is 5.80. The monoisotopic (exact) mass is 216 g/mol. The highest BCUT2D eigenvalue weighted by Gasteiger charge is 2.14. The van der Waals surface area contributed by atoms with Crippen LogP contribution in [-0.4, -0.2) is 20.3 Å². The lowest BCUT2D eigenvalue weighted by atomic mass is 10.2. The van der Waals surface area contributed by atoms with E-state index in [1.165, 1.54) is 0 Å². The molecule has 0 bridgehead atoms. The van der Waals surface area contributed by atoms with Crippen molar-refractivity contribution in [2.75, 3.05) is 20.3 Å². The molecule has 2 aromatic rings. The highest BCUT2D eigenvalue weighted by molar-refractivity contribution is 5.86. The summed E-state index contributed by atoms with van der Waals surface area (Å²) in [6, 6.07) is 7.90. The third kappa shape index (κ3) is 1.41. The van der Waals surface area contributed by atoms with Gasteiger partial charge in [0.1, 0.15) is 5.76 Å². The SMILES string of the molecule is COc1cccc2cc(C3=CCOC3)oc12. The van der Waals surface area contributed by atoms with Crippen LogP contribution in [0.1, 0.15) is 5.76 Å². The second-order valence-electron chi connectivity index (χ2n) is 3.73. The highest BCUT2D eigenvalue weighted by Crippen LogP contribution is 2.32. The van der Waals surface area contributed by atoms with Crippen LogP contribution in [0.25, 0.3) is 16.5 Å². The van der Waals surface area contributed by atoms with Crippen molar-refractivity contribution < 1.29 is 13.9 Å². The predicted molar refractivity (Wildman–Crippen MR) is 61.6 cm³/mol. The summed E-state index contributed by atoms with van der Waals surface area (Å²) in [4.78, 5) is 0. The molecule has 82 valence electrons. The van der Waals surface area contributed by atoms with Crippen LogP contribution in [0.5, 0.6) is 5.75 Å². The lowest BCUT2D eigenvalue weighted by molar-refractivity contribution is 0.215. The molecule has 0 aliphatic carbocycles. The topological polar surface area (TPSA) is 31.6 Å². The van der Waals surface area contributed by atoms with E-state index in [0.29, 0.717) is 13.2 Å². The van der Waals surface area contributed by atoms with Gasteiger partial charge in [-0.25, -0.2) is 0 Å². The van der Waals surface area contributed by atoms with Crippen molar-refractivity contribution in [2.45, 2.75) is 0 Å². The molecular formula is C13H12O3. The number of fused-ring (bicyclic) bond motifs is 1. The van der Waals surface area contributed by atoms with Crippen molar-refractivity contribution in [1.82, 2.24) is 0 Å². The van der Waals surface area contributed by atoms with Crippen molar-refractivity contribution in [3.8, 4) is 5.75 Å². The maximum atomic E-state index is 5.80. The average Bonchev–Trinajstić information content (AvgIpc) is 2.96. The molecule has 0 saturated carbocycles. The van der Waals surface area contributed by atoms with Crippen LogP contribution in [0.3, 0.4) is 0 Å². The first-order valence-electron chi connectivity index (χ1n) is 5.22. The molecule has 0 unspecified atom stereocenters. The molecule has 3 rings (SSSR count). The van der Waals surface area contributed by atoms with Gasteiger partial charge in [0.05, 0.1) is 20.3 Å². The zero-order valence-corrected chi connectivity index (χ0v) is 9.03. The molecule has 1 aromatic heterocycles. The van der Waals surface area contributed by atoms with E-state index in [-0.39, 0.29) is 0 Å². The van der Waals surface area contributed by atoms with Crippen LogP contribution >= 0.6 is 0 Å². The Balaban J connectivity index is 2.15. The van der Waals surface area contributed by atoms with Gasteiger partial charge in [0.15, 0.2) is 11.3 Å². The van der Waals surface area contributed by atoms with E-state index in [4.69, 9.17) is 13.9 Å². The molecular weight excluding hydrogens is 204 g/mol. The first-order valence-corrected chi connectivity index (χ1v) is 5.22. The molecule has 16 heavy (non-hydrogen) atoms. The fraction of sp³-hybridized carbons (Fsp3) is 0.231. The number of ether oxygens (including phenoxy) is 2. The van der Waals surface area contributed by atoms with Crippen LogP contribution in [0.15, 0.2) is 34.8 Å². The van der Waals surface area contributed by atoms with E-state index >= 15 is 0 Å². The fourth-order valence-corrected chi connectivity index (χ4v) is 1.91. The molecule has 3 nitrogen and oxygen atoms in total. The number of hydrogen-bond acceptors (Lipinski definition) is 3. The lowest BCUT2D eigenvalue weighted by Gasteiger charge is -1.98. The van der Waals surface area contributed by atoms with E-state index in [2.05, 4.69) is 0 Å². The first kappa shape index (κ1) is 9.48. The second kappa shape index (κ2) is 3.68. The van der Waals surface area contributed by atoms with Gasteiger partial charge in [0.25, 0.3) is 0 Å². The molecule has 0 N–H and O–H groups in total. The van der Waals surface area contributed by atoms with Gasteiger partial charge in [-0.3, -0.25) is 0 Å². The Kier molecular flexibility index (Phi) is 2.18. The van der Waals surface area contributed by atoms with Gasteiger partial charge in [-0.05, 0) is 18.2 Å². The average molecular weight is 216 g/mol. The molecule has 2 heterocycles. The van der Waals surface area contributed by atoms with E-state index in [1.807, 2.05) is 30.3 Å². The van der Waals surface area contributed by atoms with E-state index in [1.54, 1.807) is 7.11 Å². The van der Waals surface area contributed by atoms with Crippen molar-refractivity contribution in [1.29, 1.82) is 0 Å². The van der Waals surface area contributed by atoms with Gasteiger partial charge in [-0.15, -0.1) is 0 Å². The molecule has 0 spiro atoms. The van der Waals surface area contributed by atoms with Gasteiger partial charge >= 0.3 is 0 Å². The Morgan fingerprint density at radius 3 is 3.00 bits per heavy atom. The molecule has 3 heteroatoms. The lowest BCUT2D eigenvalue weighted by Crippen LogP contribution is -1.85. The van der Waals surface area contributed by atoms with Crippen molar-refractivity contribution in [3.63, 3.8) is 0 Å². The standard InChI is InChI=1S/C13H12O3/c1-14-11-4-2-3-9-7-12(16-13(9)11)10-5-6-15-8-10/h2-5,7H,6,8H2,1H3. The predicted octanol–water partition coefficient (Wildman–Crippen LogP) is 2.86. The van der Waals surface area contributed by atoms with Crippen LogP contribution in [0.2, 0.25) is 0 Å². The summed E-state index contributed by atoms with van der Waals surface area (Å²) in [5, 5.41) is 1.06. The molecule has 1 aliphatic heterocycles. The Hall–Kier alpha value is -1.74. The molecule has 0 fully saturated rings. The van der Waals surface area contributed by atoms with Gasteiger partial charge < -0.3 is 13.9 Å². The summed E-state index contributed by atoms with van der Waals surface area (Å²) in [6.45, 7) is 1.30. The summed E-state index contributed by atoms with van der Waals surface area (Å²) in [7, 11) is 1.65. The minimum atomic E-state index is 0.627. The zero-order chi connectivity index (χ0) is 11.0. The zero-order valence-electron chi connectivity index (χ0n) is 9.03. The van der Waals surface area contributed by atoms with E-state index in [0.717, 1.165) is 28.1 Å². The number of furan rings is 1. The van der Waals surface area contributed by atoms with Gasteiger partial charge in [0.2, 0.25) is 0 Å². The summed E-state index contributed by atoms with van der Waals surface area (Å²) >= 11 is 0. The molecule has 1 aliphatic rings. The highest BCUT2D eigenvalue weighted by atomic mass is 16.5. The molecule has 0 atom stereocenters. The first-order chi connectivity index (χ1) is 7.88. The number of benzene rings is 1. The van der Waals surface area contributed by atoms with Gasteiger partial charge in [-0.1, -0.05) is 12.1 Å². The number of hydrogen-bond donors (Lipinski definition) is 0. The minimum Gasteiger partial charge on any atom is -0.493 e. The third-order valence-electron chi connectivity index (χ3n) is 2.75.